The number of fused-ring (bicyclic) bond motifs is 1. The summed E-state index contributed by atoms with van der Waals surface area (Å²) in [6.07, 6.45) is 3.90. The lowest BCUT2D eigenvalue weighted by molar-refractivity contribution is 0.0636. The number of hydrogen-bond donors (Lipinski definition) is 1. The Balaban J connectivity index is 1.61. The van der Waals surface area contributed by atoms with Crippen molar-refractivity contribution < 1.29 is 9.53 Å². The van der Waals surface area contributed by atoms with Gasteiger partial charge in [-0.3, -0.25) is 5.32 Å². The van der Waals surface area contributed by atoms with Crippen LogP contribution in [0.2, 0.25) is 0 Å². The molecule has 1 aromatic carbocycles. The number of amides is 1. The van der Waals surface area contributed by atoms with Gasteiger partial charge < -0.3 is 9.30 Å². The Bertz CT molecular complexity index is 1340. The van der Waals surface area contributed by atoms with Crippen molar-refractivity contribution in [3.8, 4) is 11.4 Å². The van der Waals surface area contributed by atoms with Crippen LogP contribution in [0.1, 0.15) is 50.3 Å². The molecular weight excluding hydrogens is 428 g/mol. The highest BCUT2D eigenvalue weighted by molar-refractivity contribution is 5.90. The number of ether oxygens (including phenoxy) is 1. The number of rotatable bonds is 5. The second kappa shape index (κ2) is 9.21. The zero-order valence-corrected chi connectivity index (χ0v) is 20.5. The van der Waals surface area contributed by atoms with Crippen molar-refractivity contribution in [3.05, 3.63) is 65.4 Å². The third-order valence-electron chi connectivity index (χ3n) is 5.27. The lowest BCUT2D eigenvalue weighted by atomic mass is 10.1. The normalized spacial score (nSPS) is 11.6. The SMILES string of the molecule is CCc1nc2c(C)cc(C)nc2n1Cc1cnc(-c2ccccc2NC(=O)OC(C)(C)C)nc1. The van der Waals surface area contributed by atoms with Crippen LogP contribution in [0.3, 0.4) is 0 Å². The fourth-order valence-electron chi connectivity index (χ4n) is 3.84. The number of aromatic nitrogens is 5. The third kappa shape index (κ3) is 5.06. The molecule has 1 amide bonds. The Morgan fingerprint density at radius 3 is 2.47 bits per heavy atom. The van der Waals surface area contributed by atoms with E-state index in [9.17, 15) is 4.79 Å². The maximum Gasteiger partial charge on any atom is 0.412 e. The Kier molecular flexibility index (Phi) is 6.32. The molecule has 34 heavy (non-hydrogen) atoms. The largest absolute Gasteiger partial charge is 0.444 e. The summed E-state index contributed by atoms with van der Waals surface area (Å²) in [5, 5.41) is 2.80. The topological polar surface area (TPSA) is 94.8 Å². The number of hydrogen-bond acceptors (Lipinski definition) is 6. The van der Waals surface area contributed by atoms with Crippen LogP contribution in [0.25, 0.3) is 22.6 Å². The monoisotopic (exact) mass is 458 g/mol. The molecule has 0 atom stereocenters. The summed E-state index contributed by atoms with van der Waals surface area (Å²) in [7, 11) is 0. The molecule has 3 aromatic heterocycles. The summed E-state index contributed by atoms with van der Waals surface area (Å²) in [5.41, 5.74) is 5.57. The fourth-order valence-corrected chi connectivity index (χ4v) is 3.84. The predicted octanol–water partition coefficient (Wildman–Crippen LogP) is 5.46. The van der Waals surface area contributed by atoms with Crippen LogP contribution >= 0.6 is 0 Å². The van der Waals surface area contributed by atoms with E-state index in [-0.39, 0.29) is 0 Å². The highest BCUT2D eigenvalue weighted by Crippen LogP contribution is 2.26. The van der Waals surface area contributed by atoms with Gasteiger partial charge in [-0.05, 0) is 58.4 Å². The first kappa shape index (κ1) is 23.4. The smallest absolute Gasteiger partial charge is 0.412 e. The summed E-state index contributed by atoms with van der Waals surface area (Å²) >= 11 is 0. The first-order chi connectivity index (χ1) is 16.1. The molecule has 0 aliphatic rings. The van der Waals surface area contributed by atoms with E-state index in [1.165, 1.54) is 0 Å². The lowest BCUT2D eigenvalue weighted by Gasteiger charge is -2.20. The Labute approximate surface area is 199 Å². The molecule has 0 saturated carbocycles. The average Bonchev–Trinajstić information content (AvgIpc) is 3.11. The van der Waals surface area contributed by atoms with Crippen LogP contribution in [0.15, 0.2) is 42.7 Å². The van der Waals surface area contributed by atoms with Gasteiger partial charge in [0.25, 0.3) is 0 Å². The van der Waals surface area contributed by atoms with Crippen LogP contribution in [0.4, 0.5) is 10.5 Å². The Morgan fingerprint density at radius 2 is 1.79 bits per heavy atom. The van der Waals surface area contributed by atoms with Crippen LogP contribution < -0.4 is 5.32 Å². The van der Waals surface area contributed by atoms with Gasteiger partial charge >= 0.3 is 6.09 Å². The van der Waals surface area contributed by atoms with Gasteiger partial charge in [-0.1, -0.05) is 19.1 Å². The fraction of sp³-hybridized carbons (Fsp3) is 0.346. The van der Waals surface area contributed by atoms with Crippen LogP contribution in [-0.2, 0) is 17.7 Å². The Morgan fingerprint density at radius 1 is 1.09 bits per heavy atom. The number of pyridine rings is 1. The first-order valence-corrected chi connectivity index (χ1v) is 11.4. The molecular formula is C26H30N6O2. The summed E-state index contributed by atoms with van der Waals surface area (Å²) < 4.78 is 7.51. The van der Waals surface area contributed by atoms with E-state index in [4.69, 9.17) is 14.7 Å². The number of nitrogens with one attached hydrogen (secondary N) is 1. The van der Waals surface area contributed by atoms with E-state index in [0.29, 0.717) is 18.1 Å². The summed E-state index contributed by atoms with van der Waals surface area (Å²) in [4.78, 5) is 31.0. The van der Waals surface area contributed by atoms with E-state index in [2.05, 4.69) is 39.8 Å². The van der Waals surface area contributed by atoms with Gasteiger partial charge in [-0.15, -0.1) is 0 Å². The van der Waals surface area contributed by atoms with Crippen molar-refractivity contribution in [2.75, 3.05) is 5.32 Å². The van der Waals surface area contributed by atoms with Crippen molar-refractivity contribution in [1.82, 2.24) is 24.5 Å². The molecule has 0 unspecified atom stereocenters. The second-order valence-electron chi connectivity index (χ2n) is 9.31. The molecule has 8 heteroatoms. The van der Waals surface area contributed by atoms with Crippen molar-refractivity contribution in [1.29, 1.82) is 0 Å². The maximum atomic E-state index is 12.3. The van der Waals surface area contributed by atoms with Gasteiger partial charge in [0.05, 0.1) is 12.2 Å². The van der Waals surface area contributed by atoms with Gasteiger partial charge in [-0.25, -0.2) is 24.7 Å². The second-order valence-corrected chi connectivity index (χ2v) is 9.31. The molecule has 0 saturated heterocycles. The molecule has 4 rings (SSSR count). The van der Waals surface area contributed by atoms with E-state index in [1.54, 1.807) is 18.5 Å². The molecule has 4 aromatic rings. The van der Waals surface area contributed by atoms with Crippen molar-refractivity contribution in [3.63, 3.8) is 0 Å². The first-order valence-electron chi connectivity index (χ1n) is 11.4. The van der Waals surface area contributed by atoms with Gasteiger partial charge in [0.15, 0.2) is 11.5 Å². The molecule has 0 radical (unpaired) electrons. The summed E-state index contributed by atoms with van der Waals surface area (Å²) in [6, 6.07) is 9.46. The molecule has 8 nitrogen and oxygen atoms in total. The number of carbonyl (C=O) groups is 1. The highest BCUT2D eigenvalue weighted by Gasteiger charge is 2.18. The molecule has 0 spiro atoms. The summed E-state index contributed by atoms with van der Waals surface area (Å²) in [6.45, 7) is 12.2. The van der Waals surface area contributed by atoms with Crippen molar-refractivity contribution >= 4 is 22.9 Å². The van der Waals surface area contributed by atoms with Crippen LogP contribution in [0.5, 0.6) is 0 Å². The number of benzene rings is 1. The maximum absolute atomic E-state index is 12.3. The van der Waals surface area contributed by atoms with E-state index in [1.807, 2.05) is 45.9 Å². The van der Waals surface area contributed by atoms with Crippen molar-refractivity contribution in [2.45, 2.75) is 60.1 Å². The highest BCUT2D eigenvalue weighted by atomic mass is 16.6. The quantitative estimate of drug-likeness (QED) is 0.426. The van der Waals surface area contributed by atoms with Gasteiger partial charge in [0.1, 0.15) is 16.9 Å². The minimum absolute atomic E-state index is 0.520. The number of para-hydroxylation sites is 1. The van der Waals surface area contributed by atoms with Gasteiger partial charge in [0, 0.05) is 35.6 Å². The van der Waals surface area contributed by atoms with E-state index >= 15 is 0 Å². The van der Waals surface area contributed by atoms with Crippen molar-refractivity contribution in [2.24, 2.45) is 0 Å². The minimum atomic E-state index is -0.585. The number of aryl methyl sites for hydroxylation is 3. The lowest BCUT2D eigenvalue weighted by Crippen LogP contribution is -2.27. The van der Waals surface area contributed by atoms with E-state index < -0.39 is 11.7 Å². The molecule has 1 N–H and O–H groups in total. The summed E-state index contributed by atoms with van der Waals surface area (Å²) in [5.74, 6) is 1.50. The molecule has 0 bridgehead atoms. The number of anilines is 1. The molecule has 0 aliphatic heterocycles. The molecule has 3 heterocycles. The zero-order chi connectivity index (χ0) is 24.5. The molecule has 0 aliphatic carbocycles. The zero-order valence-electron chi connectivity index (χ0n) is 20.5. The molecule has 176 valence electrons. The number of imidazole rings is 1. The minimum Gasteiger partial charge on any atom is -0.444 e. The Hall–Kier alpha value is -3.81. The predicted molar refractivity (Wildman–Crippen MR) is 133 cm³/mol. The van der Waals surface area contributed by atoms with Gasteiger partial charge in [-0.2, -0.15) is 0 Å². The average molecular weight is 459 g/mol. The van der Waals surface area contributed by atoms with E-state index in [0.717, 1.165) is 45.8 Å². The third-order valence-corrected chi connectivity index (χ3v) is 5.27. The van der Waals surface area contributed by atoms with Crippen LogP contribution in [-0.4, -0.2) is 36.2 Å². The number of carbonyl (C=O) groups excluding carboxylic acids is 1. The molecule has 0 fully saturated rings. The standard InChI is InChI=1S/C26H30N6O2/c1-7-21-31-22-16(2)12-17(3)29-24(22)32(21)15-18-13-27-23(28-14-18)19-10-8-9-11-20(19)30-25(33)34-26(4,5)6/h8-14H,7,15H2,1-6H3,(H,30,33). The van der Waals surface area contributed by atoms with Crippen LogP contribution in [0, 0.1) is 13.8 Å². The van der Waals surface area contributed by atoms with Gasteiger partial charge in [0.2, 0.25) is 0 Å². The number of nitrogens with zero attached hydrogens (tertiary/aromatic N) is 5.